The summed E-state index contributed by atoms with van der Waals surface area (Å²) in [5, 5.41) is 47.9. The molecule has 4 rings (SSSR count). The van der Waals surface area contributed by atoms with Crippen molar-refractivity contribution in [2.45, 2.75) is 226 Å². The molecular formula is C76H110N10O17. The summed E-state index contributed by atoms with van der Waals surface area (Å²) in [6, 6.07) is 25.2. The highest BCUT2D eigenvalue weighted by molar-refractivity contribution is 5.98. The Hall–Kier alpha value is -9.47. The molecule has 0 aliphatic carbocycles. The maximum Gasteiger partial charge on any atom is 0.408 e. The number of carboxylic acids is 1. The first kappa shape index (κ1) is 85.9. The third-order valence-corrected chi connectivity index (χ3v) is 16.2. The predicted molar refractivity (Wildman–Crippen MR) is 387 cm³/mol. The first-order chi connectivity index (χ1) is 48.2. The Labute approximate surface area is 605 Å². The molecule has 0 saturated heterocycles. The second-order valence-electron chi connectivity index (χ2n) is 29.3. The van der Waals surface area contributed by atoms with Gasteiger partial charge in [-0.25, -0.2) is 14.4 Å². The van der Waals surface area contributed by atoms with E-state index in [4.69, 9.17) is 18.9 Å². The molecule has 0 heterocycles. The zero-order valence-corrected chi connectivity index (χ0v) is 62.4. The van der Waals surface area contributed by atoms with E-state index in [1.165, 1.54) is 6.92 Å². The van der Waals surface area contributed by atoms with Crippen molar-refractivity contribution in [3.63, 3.8) is 0 Å². The molecule has 10 amide bonds. The fraction of sp³-hybridized carbons (Fsp3) is 0.539. The highest BCUT2D eigenvalue weighted by Gasteiger charge is 2.42. The number of amides is 10. The smallest absolute Gasteiger partial charge is 0.408 e. The van der Waals surface area contributed by atoms with Crippen molar-refractivity contribution >= 4 is 65.4 Å². The van der Waals surface area contributed by atoms with E-state index in [-0.39, 0.29) is 44.8 Å². The van der Waals surface area contributed by atoms with Crippen molar-refractivity contribution in [3.05, 3.63) is 144 Å². The Morgan fingerprint density at radius 1 is 0.485 bits per heavy atom. The molecule has 0 fully saturated rings. The van der Waals surface area contributed by atoms with Crippen molar-refractivity contribution in [2.24, 2.45) is 17.8 Å². The molecule has 0 aliphatic heterocycles. The van der Waals surface area contributed by atoms with E-state index in [2.05, 4.69) is 53.2 Å². The summed E-state index contributed by atoms with van der Waals surface area (Å²) in [5.41, 5.74) is -1.48. The van der Waals surface area contributed by atoms with Gasteiger partial charge in [0.1, 0.15) is 54.0 Å². The number of ether oxygens (including phenoxy) is 4. The summed E-state index contributed by atoms with van der Waals surface area (Å²) in [4.78, 5) is 155. The Balaban J connectivity index is 1.68. The minimum Gasteiger partial charge on any atom is -0.480 e. The number of carbonyl (C=O) groups excluding carboxylic acids is 10. The number of hydrogen-bond donors (Lipinski definition) is 12. The molecule has 0 bridgehead atoms. The van der Waals surface area contributed by atoms with Gasteiger partial charge in [-0.1, -0.05) is 169 Å². The maximum atomic E-state index is 14.9. The second-order valence-corrected chi connectivity index (χ2v) is 29.3. The van der Waals surface area contributed by atoms with Crippen LogP contribution in [-0.4, -0.2) is 167 Å². The van der Waals surface area contributed by atoms with Crippen LogP contribution in [-0.2, 0) is 74.2 Å². The summed E-state index contributed by atoms with van der Waals surface area (Å²) in [5.74, 6) is -10.4. The number of aliphatic carboxylic acids is 1. The molecule has 103 heavy (non-hydrogen) atoms. The first-order valence-corrected chi connectivity index (χ1v) is 35.0. The van der Waals surface area contributed by atoms with Crippen LogP contribution in [0.4, 0.5) is 9.59 Å². The molecule has 0 saturated carbocycles. The van der Waals surface area contributed by atoms with Crippen LogP contribution in [0.25, 0.3) is 0 Å². The number of alkyl carbamates (subject to hydrolysis) is 2. The van der Waals surface area contributed by atoms with Crippen LogP contribution in [0.5, 0.6) is 0 Å². The van der Waals surface area contributed by atoms with Gasteiger partial charge >= 0.3 is 18.2 Å². The lowest BCUT2D eigenvalue weighted by Gasteiger charge is -2.37. The summed E-state index contributed by atoms with van der Waals surface area (Å²) in [7, 11) is 0. The zero-order chi connectivity index (χ0) is 77.0. The first-order valence-electron chi connectivity index (χ1n) is 35.0. The Kier molecular flexibility index (Phi) is 33.7. The Morgan fingerprint density at radius 3 is 1.46 bits per heavy atom. The van der Waals surface area contributed by atoms with Crippen LogP contribution in [0, 0.1) is 17.8 Å². The monoisotopic (exact) mass is 1430 g/mol. The minimum absolute atomic E-state index is 0.00357. The van der Waals surface area contributed by atoms with Gasteiger partial charge in [0.25, 0.3) is 0 Å². The SMILES string of the molecule is CC[C@H](C)C(NC(=O)[C@@H](CCCNC(=O)OCc1ccccc1)NC(=O)[C@H](CC(C)C)NC(=O)[C@@H](NC(=O)OC(C)(C)C)[C@H](O)C(C)C)C(=O)N[C@H](C(=O)NCC(=O)N[C@@H](CC(=O)NC(c1ccccc1)(c1ccccc1)c1ccccc1)C(=O)N[C@@H](COC(C)(C)C)C(=O)O)[C@H](C)OC(C)(C)C. The van der Waals surface area contributed by atoms with Gasteiger partial charge in [0.05, 0.1) is 43.0 Å². The maximum absolute atomic E-state index is 14.9. The van der Waals surface area contributed by atoms with Crippen LogP contribution in [0.1, 0.15) is 165 Å². The van der Waals surface area contributed by atoms with Crippen LogP contribution in [0.2, 0.25) is 0 Å². The molecule has 12 N–H and O–H groups in total. The number of carbonyl (C=O) groups is 11. The zero-order valence-electron chi connectivity index (χ0n) is 62.4. The molecule has 4 aromatic rings. The molecule has 0 aromatic heterocycles. The summed E-state index contributed by atoms with van der Waals surface area (Å²) in [6.07, 6.45) is -4.97. The summed E-state index contributed by atoms with van der Waals surface area (Å²) in [6.45, 7) is 25.3. The Morgan fingerprint density at radius 2 is 0.971 bits per heavy atom. The van der Waals surface area contributed by atoms with E-state index in [9.17, 15) is 63.0 Å². The quantitative estimate of drug-likeness (QED) is 0.0172. The number of nitrogens with one attached hydrogen (secondary N) is 10. The summed E-state index contributed by atoms with van der Waals surface area (Å²) < 4.78 is 22.7. The third-order valence-electron chi connectivity index (χ3n) is 16.2. The lowest BCUT2D eigenvalue weighted by molar-refractivity contribution is -0.146. The van der Waals surface area contributed by atoms with Crippen molar-refractivity contribution in [2.75, 3.05) is 19.7 Å². The molecule has 10 atom stereocenters. The molecule has 27 nitrogen and oxygen atoms in total. The number of rotatable bonds is 38. The van der Waals surface area contributed by atoms with E-state index in [0.29, 0.717) is 16.7 Å². The molecule has 4 aromatic carbocycles. The van der Waals surface area contributed by atoms with E-state index in [1.54, 1.807) is 165 Å². The standard InChI is InChI=1S/C76H110N10O17/c1-17-48(6)60(83-64(90)54(39-30-40-77-71(98)100-44-50-31-22-18-23-32-50)80-65(91)55(41-46(2)3)81-69(95)62(63(89)47(4)5)85-72(99)103-75(14,15)16)68(94)84-61(49(7)102-74(11,12)13)67(93)78-43-59(88)79-56(66(92)82-57(70(96)97)45-101-73(8,9)10)42-58(87)86-76(51-33-24-19-25-34-51,52-35-26-20-27-36-52)53-37-28-21-29-38-53/h18-29,31-38,46-49,54-57,60-63,89H,17,30,39-45H2,1-16H3,(H,77,98)(H,78,93)(H,79,88)(H,80,91)(H,81,95)(H,82,92)(H,83,90)(H,84,94)(H,85,99)(H,86,87)(H,96,97)/t48-,49-,54+,55-,56-,57-,60?,61-,62-,63+/m0/s1. The molecule has 0 radical (unpaired) electrons. The molecule has 0 spiro atoms. The van der Waals surface area contributed by atoms with Crippen molar-refractivity contribution in [1.29, 1.82) is 0 Å². The van der Waals surface area contributed by atoms with Crippen LogP contribution < -0.4 is 53.2 Å². The average molecular weight is 1440 g/mol. The number of aliphatic hydroxyl groups is 1. The van der Waals surface area contributed by atoms with Gasteiger partial charge < -0.3 is 82.3 Å². The molecule has 1 unspecified atom stereocenters. The van der Waals surface area contributed by atoms with E-state index < -0.39 is 174 Å². The number of benzene rings is 4. The van der Waals surface area contributed by atoms with E-state index >= 15 is 0 Å². The fourth-order valence-corrected chi connectivity index (χ4v) is 10.9. The van der Waals surface area contributed by atoms with E-state index in [0.717, 1.165) is 5.56 Å². The van der Waals surface area contributed by atoms with Crippen molar-refractivity contribution < 1.29 is 81.9 Å². The predicted octanol–water partition coefficient (Wildman–Crippen LogP) is 6.32. The van der Waals surface area contributed by atoms with E-state index in [1.807, 2.05) is 60.7 Å². The molecule has 566 valence electrons. The number of hydrogen-bond acceptors (Lipinski definition) is 16. The highest BCUT2D eigenvalue weighted by atomic mass is 16.6. The van der Waals surface area contributed by atoms with Crippen molar-refractivity contribution in [1.82, 2.24) is 53.2 Å². The number of aliphatic hydroxyl groups excluding tert-OH is 1. The van der Waals surface area contributed by atoms with Gasteiger partial charge in [0, 0.05) is 6.54 Å². The lowest BCUT2D eigenvalue weighted by atomic mass is 9.77. The largest absolute Gasteiger partial charge is 0.480 e. The van der Waals surface area contributed by atoms with Crippen LogP contribution in [0.15, 0.2) is 121 Å². The topological polar surface area (TPSA) is 385 Å². The molecule has 27 heteroatoms. The molecule has 0 aliphatic rings. The van der Waals surface area contributed by atoms with Gasteiger partial charge in [-0.15, -0.1) is 0 Å². The lowest BCUT2D eigenvalue weighted by Crippen LogP contribution is -2.62. The van der Waals surface area contributed by atoms with Gasteiger partial charge in [-0.05, 0) is 129 Å². The van der Waals surface area contributed by atoms with Gasteiger partial charge in [-0.3, -0.25) is 38.4 Å². The van der Waals surface area contributed by atoms with Crippen molar-refractivity contribution in [3.8, 4) is 0 Å². The second kappa shape index (κ2) is 40.4. The fourth-order valence-electron chi connectivity index (χ4n) is 10.9. The highest BCUT2D eigenvalue weighted by Crippen LogP contribution is 2.37. The average Bonchev–Trinajstić information content (AvgIpc) is 0.754. The third kappa shape index (κ3) is 29.4. The normalized spacial score (nSPS) is 14.7. The summed E-state index contributed by atoms with van der Waals surface area (Å²) >= 11 is 0. The molecular weight excluding hydrogens is 1320 g/mol. The van der Waals surface area contributed by atoms with Crippen LogP contribution >= 0.6 is 0 Å². The van der Waals surface area contributed by atoms with Gasteiger partial charge in [0.2, 0.25) is 47.3 Å². The Bertz CT molecular complexity index is 3320. The van der Waals surface area contributed by atoms with Gasteiger partial charge in [0.15, 0.2) is 6.04 Å². The van der Waals surface area contributed by atoms with Gasteiger partial charge in [-0.2, -0.15) is 0 Å². The van der Waals surface area contributed by atoms with Crippen LogP contribution in [0.3, 0.4) is 0 Å². The minimum atomic E-state index is -1.78. The number of carboxylic acid groups (broad SMARTS) is 1.